The highest BCUT2D eigenvalue weighted by Gasteiger charge is 2.55. The Kier molecular flexibility index (Phi) is 4.71. The molecule has 0 amide bonds. The van der Waals surface area contributed by atoms with Gasteiger partial charge < -0.3 is 10.3 Å². The van der Waals surface area contributed by atoms with Crippen LogP contribution in [0.5, 0.6) is 0 Å². The van der Waals surface area contributed by atoms with Crippen LogP contribution in [-0.2, 0) is 4.84 Å². The number of aliphatic hydroxyl groups excluding tert-OH is 1. The molecule has 2 atom stereocenters. The third kappa shape index (κ3) is 2.85. The van der Waals surface area contributed by atoms with E-state index in [0.717, 1.165) is 19.4 Å². The summed E-state index contributed by atoms with van der Waals surface area (Å²) in [5.74, 6) is 0. The monoisotopic (exact) mass is 328 g/mol. The Labute approximate surface area is 141 Å². The summed E-state index contributed by atoms with van der Waals surface area (Å²) in [4.78, 5) is 6.24. The van der Waals surface area contributed by atoms with Gasteiger partial charge in [0.05, 0.1) is 11.6 Å². The fourth-order valence-electron chi connectivity index (χ4n) is 3.66. The number of hydrogen-bond acceptors (Lipinski definition) is 5. The molecule has 2 saturated heterocycles. The Morgan fingerprint density at radius 1 is 0.957 bits per heavy atom. The van der Waals surface area contributed by atoms with E-state index in [1.165, 1.54) is 5.06 Å². The summed E-state index contributed by atoms with van der Waals surface area (Å²) in [5.41, 5.74) is -0.995. The van der Waals surface area contributed by atoms with Crippen molar-refractivity contribution >= 4 is 0 Å². The first-order valence-corrected chi connectivity index (χ1v) is 8.86. The first-order chi connectivity index (χ1) is 10.2. The molecule has 2 aliphatic heterocycles. The Hall–Kier alpha value is -0.200. The topological polar surface area (TPSA) is 56.2 Å². The molecule has 0 aliphatic carbocycles. The van der Waals surface area contributed by atoms with Crippen LogP contribution in [0.25, 0.3) is 0 Å². The lowest BCUT2D eigenvalue weighted by Crippen LogP contribution is -2.68. The zero-order valence-electron chi connectivity index (χ0n) is 16.2. The molecule has 136 valence electrons. The highest BCUT2D eigenvalue weighted by molar-refractivity contribution is 5.02. The molecule has 0 aromatic carbocycles. The summed E-state index contributed by atoms with van der Waals surface area (Å²) in [5, 5.41) is 24.7. The highest BCUT2D eigenvalue weighted by Crippen LogP contribution is 2.47. The SMILES string of the molecule is CC1(C)CCCN(OC2CC(O)C(C)(C)C(C)(C)N2O)C1(C)C. The quantitative estimate of drug-likeness (QED) is 0.813. The van der Waals surface area contributed by atoms with Crippen molar-refractivity contribution in [2.75, 3.05) is 6.54 Å². The van der Waals surface area contributed by atoms with Crippen molar-refractivity contribution < 1.29 is 15.2 Å². The molecule has 0 saturated carbocycles. The van der Waals surface area contributed by atoms with Crippen LogP contribution in [0.1, 0.15) is 74.7 Å². The minimum Gasteiger partial charge on any atom is -0.392 e. The Balaban J connectivity index is 2.20. The van der Waals surface area contributed by atoms with Crippen LogP contribution in [0.15, 0.2) is 0 Å². The first-order valence-electron chi connectivity index (χ1n) is 8.86. The number of nitrogens with zero attached hydrogens (tertiary/aromatic N) is 2. The van der Waals surface area contributed by atoms with E-state index >= 15 is 0 Å². The minimum absolute atomic E-state index is 0.131. The van der Waals surface area contributed by atoms with E-state index in [-0.39, 0.29) is 11.0 Å². The van der Waals surface area contributed by atoms with Gasteiger partial charge in [0.1, 0.15) is 0 Å². The number of rotatable bonds is 2. The van der Waals surface area contributed by atoms with Crippen molar-refractivity contribution in [3.8, 4) is 0 Å². The van der Waals surface area contributed by atoms with Crippen LogP contribution < -0.4 is 0 Å². The molecular weight excluding hydrogens is 292 g/mol. The van der Waals surface area contributed by atoms with Crippen molar-refractivity contribution in [3.63, 3.8) is 0 Å². The van der Waals surface area contributed by atoms with Crippen LogP contribution in [0.4, 0.5) is 0 Å². The zero-order chi connectivity index (χ0) is 17.8. The maximum absolute atomic E-state index is 10.8. The summed E-state index contributed by atoms with van der Waals surface area (Å²) < 4.78 is 0. The normalized spacial score (nSPS) is 36.8. The molecule has 2 aliphatic rings. The van der Waals surface area contributed by atoms with Gasteiger partial charge in [-0.1, -0.05) is 27.7 Å². The van der Waals surface area contributed by atoms with Crippen molar-refractivity contribution in [2.45, 2.75) is 98.1 Å². The lowest BCUT2D eigenvalue weighted by molar-refractivity contribution is -0.395. The molecule has 2 rings (SSSR count). The fourth-order valence-corrected chi connectivity index (χ4v) is 3.66. The molecule has 23 heavy (non-hydrogen) atoms. The van der Waals surface area contributed by atoms with Gasteiger partial charge >= 0.3 is 0 Å². The smallest absolute Gasteiger partial charge is 0.157 e. The van der Waals surface area contributed by atoms with E-state index in [0.29, 0.717) is 6.42 Å². The Morgan fingerprint density at radius 3 is 2.09 bits per heavy atom. The standard InChI is InChI=1S/C18H36N2O3/c1-15(2)10-9-11-19(17(15,5)6)23-14-12-13(21)16(3,4)18(7,8)20(14)22/h13-14,21-22H,9-12H2,1-8H3. The molecule has 0 aromatic rings. The molecule has 2 fully saturated rings. The average molecular weight is 328 g/mol. The molecule has 0 radical (unpaired) electrons. The van der Waals surface area contributed by atoms with Crippen molar-refractivity contribution in [2.24, 2.45) is 10.8 Å². The minimum atomic E-state index is -0.579. The van der Waals surface area contributed by atoms with Gasteiger partial charge in [-0.25, -0.2) is 0 Å². The summed E-state index contributed by atoms with van der Waals surface area (Å²) in [6, 6.07) is 0. The summed E-state index contributed by atoms with van der Waals surface area (Å²) >= 11 is 0. The third-order valence-corrected chi connectivity index (χ3v) is 7.37. The highest BCUT2D eigenvalue weighted by atomic mass is 16.7. The predicted molar refractivity (Wildman–Crippen MR) is 90.8 cm³/mol. The Morgan fingerprint density at radius 2 is 1.52 bits per heavy atom. The lowest BCUT2D eigenvalue weighted by atomic mass is 9.66. The van der Waals surface area contributed by atoms with Gasteiger partial charge in [-0.05, 0) is 46.0 Å². The lowest BCUT2D eigenvalue weighted by Gasteiger charge is -2.58. The molecule has 2 unspecified atom stereocenters. The van der Waals surface area contributed by atoms with E-state index in [1.54, 1.807) is 0 Å². The molecular formula is C18H36N2O3. The van der Waals surface area contributed by atoms with E-state index in [1.807, 2.05) is 32.8 Å². The molecule has 0 spiro atoms. The predicted octanol–water partition coefficient (Wildman–Crippen LogP) is 3.41. The van der Waals surface area contributed by atoms with Crippen LogP contribution in [0.3, 0.4) is 0 Å². The number of hydroxylamine groups is 4. The van der Waals surface area contributed by atoms with Gasteiger partial charge in [0, 0.05) is 23.9 Å². The molecule has 5 nitrogen and oxygen atoms in total. The third-order valence-electron chi connectivity index (χ3n) is 7.37. The first kappa shape index (κ1) is 19.1. The number of hydrogen-bond donors (Lipinski definition) is 2. The van der Waals surface area contributed by atoms with Crippen LogP contribution in [0.2, 0.25) is 0 Å². The van der Waals surface area contributed by atoms with Crippen LogP contribution >= 0.6 is 0 Å². The molecule has 5 heteroatoms. The molecule has 2 heterocycles. The van der Waals surface area contributed by atoms with Gasteiger partial charge in [0.15, 0.2) is 6.23 Å². The maximum Gasteiger partial charge on any atom is 0.157 e. The van der Waals surface area contributed by atoms with Crippen LogP contribution in [0, 0.1) is 10.8 Å². The van der Waals surface area contributed by atoms with Crippen molar-refractivity contribution in [1.29, 1.82) is 0 Å². The van der Waals surface area contributed by atoms with Gasteiger partial charge in [-0.2, -0.15) is 10.1 Å². The van der Waals surface area contributed by atoms with E-state index in [2.05, 4.69) is 27.7 Å². The van der Waals surface area contributed by atoms with Gasteiger partial charge in [0.25, 0.3) is 0 Å². The second kappa shape index (κ2) is 5.67. The average Bonchev–Trinajstić information content (AvgIpc) is 2.40. The second-order valence-electron chi connectivity index (χ2n) is 9.59. The molecule has 0 bridgehead atoms. The number of piperidine rings is 2. The number of aliphatic hydroxyl groups is 1. The largest absolute Gasteiger partial charge is 0.392 e. The Bertz CT molecular complexity index is 446. The summed E-state index contributed by atoms with van der Waals surface area (Å²) in [6.45, 7) is 17.7. The molecule has 2 N–H and O–H groups in total. The zero-order valence-corrected chi connectivity index (χ0v) is 16.2. The summed E-state index contributed by atoms with van der Waals surface area (Å²) in [7, 11) is 0. The molecule has 0 aromatic heterocycles. The van der Waals surface area contributed by atoms with Gasteiger partial charge in [0.2, 0.25) is 0 Å². The van der Waals surface area contributed by atoms with Gasteiger partial charge in [-0.15, -0.1) is 0 Å². The summed E-state index contributed by atoms with van der Waals surface area (Å²) in [6.07, 6.45) is 1.59. The van der Waals surface area contributed by atoms with Crippen molar-refractivity contribution in [1.82, 2.24) is 10.1 Å². The second-order valence-corrected chi connectivity index (χ2v) is 9.59. The van der Waals surface area contributed by atoms with E-state index in [9.17, 15) is 10.3 Å². The fraction of sp³-hybridized carbons (Fsp3) is 1.00. The van der Waals surface area contributed by atoms with Crippen LogP contribution in [-0.4, -0.2) is 50.4 Å². The van der Waals surface area contributed by atoms with E-state index in [4.69, 9.17) is 4.84 Å². The maximum atomic E-state index is 10.8. The van der Waals surface area contributed by atoms with Crippen molar-refractivity contribution in [3.05, 3.63) is 0 Å². The van der Waals surface area contributed by atoms with Gasteiger partial charge in [-0.3, -0.25) is 4.84 Å². The van der Waals surface area contributed by atoms with E-state index < -0.39 is 23.3 Å².